The van der Waals surface area contributed by atoms with Gasteiger partial charge < -0.3 is 10.4 Å². The van der Waals surface area contributed by atoms with Crippen molar-refractivity contribution in [2.24, 2.45) is 0 Å². The number of hydrogen-bond donors (Lipinski definition) is 3. The lowest BCUT2D eigenvalue weighted by molar-refractivity contribution is 0.102. The van der Waals surface area contributed by atoms with E-state index >= 15 is 0 Å². The van der Waals surface area contributed by atoms with Crippen molar-refractivity contribution >= 4 is 32.5 Å². The van der Waals surface area contributed by atoms with Crippen molar-refractivity contribution in [3.05, 3.63) is 66.2 Å². The first-order chi connectivity index (χ1) is 11.4. The van der Waals surface area contributed by atoms with Crippen molar-refractivity contribution in [3.8, 4) is 5.75 Å². The second-order valence-corrected chi connectivity index (χ2v) is 6.50. The zero-order valence-corrected chi connectivity index (χ0v) is 13.1. The third kappa shape index (κ3) is 2.94. The van der Waals surface area contributed by atoms with Crippen LogP contribution in [0, 0.1) is 0 Å². The maximum atomic E-state index is 12.3. The lowest BCUT2D eigenvalue weighted by atomic mass is 10.1. The smallest absolute Gasteiger partial charge is 0.296 e. The van der Waals surface area contributed by atoms with E-state index in [0.717, 1.165) is 0 Å². The van der Waals surface area contributed by atoms with Crippen LogP contribution in [0.2, 0.25) is 0 Å². The largest absolute Gasteiger partial charge is 0.505 e. The molecule has 24 heavy (non-hydrogen) atoms. The molecule has 0 saturated heterocycles. The molecule has 122 valence electrons. The molecule has 0 unspecified atom stereocenters. The summed E-state index contributed by atoms with van der Waals surface area (Å²) in [7, 11) is -4.65. The monoisotopic (exact) mass is 343 g/mol. The maximum absolute atomic E-state index is 12.3. The van der Waals surface area contributed by atoms with Crippen LogP contribution in [0.4, 0.5) is 5.69 Å². The molecule has 7 heteroatoms. The van der Waals surface area contributed by atoms with Crippen molar-refractivity contribution in [2.75, 3.05) is 5.32 Å². The quantitative estimate of drug-likeness (QED) is 0.501. The molecule has 0 spiro atoms. The van der Waals surface area contributed by atoms with E-state index in [1.165, 1.54) is 6.07 Å². The van der Waals surface area contributed by atoms with Gasteiger partial charge in [-0.15, -0.1) is 0 Å². The minimum absolute atomic E-state index is 0.284. The fourth-order valence-electron chi connectivity index (χ4n) is 2.40. The number of aromatic hydroxyl groups is 1. The Labute approximate surface area is 138 Å². The van der Waals surface area contributed by atoms with Crippen molar-refractivity contribution in [1.29, 1.82) is 0 Å². The fourth-order valence-corrected chi connectivity index (χ4v) is 3.08. The van der Waals surface area contributed by atoms with Crippen LogP contribution in [0.3, 0.4) is 0 Å². The third-order valence-electron chi connectivity index (χ3n) is 3.54. The maximum Gasteiger partial charge on any atom is 0.296 e. The zero-order chi connectivity index (χ0) is 17.3. The predicted molar refractivity (Wildman–Crippen MR) is 89.8 cm³/mol. The van der Waals surface area contributed by atoms with Crippen molar-refractivity contribution in [2.45, 2.75) is 4.90 Å². The van der Waals surface area contributed by atoms with E-state index in [4.69, 9.17) is 0 Å². The Morgan fingerprint density at radius 2 is 1.58 bits per heavy atom. The van der Waals surface area contributed by atoms with Gasteiger partial charge in [0.2, 0.25) is 0 Å². The number of anilines is 1. The summed E-state index contributed by atoms with van der Waals surface area (Å²) in [5, 5.41) is 13.5. The second kappa shape index (κ2) is 5.95. The van der Waals surface area contributed by atoms with Crippen molar-refractivity contribution in [3.63, 3.8) is 0 Å². The normalized spacial score (nSPS) is 11.4. The molecule has 0 radical (unpaired) electrons. The molecular weight excluding hydrogens is 330 g/mol. The van der Waals surface area contributed by atoms with E-state index in [-0.39, 0.29) is 11.3 Å². The average Bonchev–Trinajstić information content (AvgIpc) is 2.57. The summed E-state index contributed by atoms with van der Waals surface area (Å²) < 4.78 is 32.8. The van der Waals surface area contributed by atoms with Gasteiger partial charge in [-0.2, -0.15) is 8.42 Å². The van der Waals surface area contributed by atoms with Crippen LogP contribution in [0.5, 0.6) is 5.75 Å². The van der Waals surface area contributed by atoms with Crippen molar-refractivity contribution in [1.82, 2.24) is 0 Å². The van der Waals surface area contributed by atoms with E-state index < -0.39 is 26.7 Å². The predicted octanol–water partition coefficient (Wildman–Crippen LogP) is 3.04. The number of carbonyl (C=O) groups is 1. The Kier molecular flexibility index (Phi) is 3.96. The summed E-state index contributed by atoms with van der Waals surface area (Å²) in [5.41, 5.74) is -0.0728. The summed E-state index contributed by atoms with van der Waals surface area (Å²) >= 11 is 0. The molecule has 0 bridgehead atoms. The van der Waals surface area contributed by atoms with Gasteiger partial charge in [0.15, 0.2) is 0 Å². The van der Waals surface area contributed by atoms with Gasteiger partial charge in [0, 0.05) is 10.9 Å². The number of phenols is 1. The van der Waals surface area contributed by atoms with Gasteiger partial charge >= 0.3 is 0 Å². The summed E-state index contributed by atoms with van der Waals surface area (Å²) in [4.78, 5) is 11.7. The molecule has 0 aliphatic heterocycles. The highest BCUT2D eigenvalue weighted by molar-refractivity contribution is 7.86. The second-order valence-electron chi connectivity index (χ2n) is 5.11. The van der Waals surface area contributed by atoms with Crippen LogP contribution in [-0.4, -0.2) is 24.0 Å². The summed E-state index contributed by atoms with van der Waals surface area (Å²) in [6.45, 7) is 0. The first-order valence-corrected chi connectivity index (χ1v) is 8.40. The Morgan fingerprint density at radius 3 is 2.25 bits per heavy atom. The zero-order valence-electron chi connectivity index (χ0n) is 12.3. The van der Waals surface area contributed by atoms with E-state index in [1.54, 1.807) is 54.6 Å². The van der Waals surface area contributed by atoms with Crippen LogP contribution < -0.4 is 5.32 Å². The molecule has 0 aliphatic carbocycles. The molecule has 0 saturated carbocycles. The standard InChI is InChI=1S/C17H13NO5S/c19-16-13-9-5-4-8-12(13)10-14(24(21,22)23)15(16)18-17(20)11-6-2-1-3-7-11/h1-10,19H,(H,18,20)(H,21,22,23). The SMILES string of the molecule is O=C(Nc1c(S(=O)(=O)O)cc2ccccc2c1O)c1ccccc1. The number of benzene rings is 3. The molecule has 0 fully saturated rings. The van der Waals surface area contributed by atoms with Gasteiger partial charge in [0.25, 0.3) is 16.0 Å². The molecule has 0 heterocycles. The van der Waals surface area contributed by atoms with Crippen molar-refractivity contribution < 1.29 is 22.9 Å². The fraction of sp³-hybridized carbons (Fsp3) is 0. The highest BCUT2D eigenvalue weighted by atomic mass is 32.2. The van der Waals surface area contributed by atoms with E-state index in [9.17, 15) is 22.9 Å². The van der Waals surface area contributed by atoms with Gasteiger partial charge in [-0.1, -0.05) is 42.5 Å². The molecule has 0 aliphatic rings. The number of phenolic OH excluding ortho intramolecular Hbond substituents is 1. The van der Waals surface area contributed by atoms with E-state index in [1.807, 2.05) is 0 Å². The Hall–Kier alpha value is -2.90. The summed E-state index contributed by atoms with van der Waals surface area (Å²) in [5.74, 6) is -1.03. The minimum Gasteiger partial charge on any atom is -0.505 e. The Bertz CT molecular complexity index is 1030. The van der Waals surface area contributed by atoms with E-state index in [0.29, 0.717) is 10.8 Å². The topological polar surface area (TPSA) is 104 Å². The Morgan fingerprint density at radius 1 is 0.958 bits per heavy atom. The molecule has 0 aromatic heterocycles. The first kappa shape index (κ1) is 16.0. The molecule has 3 aromatic carbocycles. The summed E-state index contributed by atoms with van der Waals surface area (Å²) in [6.07, 6.45) is 0. The number of rotatable bonds is 3. The van der Waals surface area contributed by atoms with Crippen LogP contribution >= 0.6 is 0 Å². The highest BCUT2D eigenvalue weighted by Gasteiger charge is 2.23. The minimum atomic E-state index is -4.65. The highest BCUT2D eigenvalue weighted by Crippen LogP contribution is 2.38. The number of amides is 1. The number of nitrogens with one attached hydrogen (secondary N) is 1. The van der Waals surface area contributed by atoms with Gasteiger partial charge in [-0.25, -0.2) is 0 Å². The molecule has 1 amide bonds. The van der Waals surface area contributed by atoms with Crippen LogP contribution in [0.1, 0.15) is 10.4 Å². The number of hydrogen-bond acceptors (Lipinski definition) is 4. The van der Waals surface area contributed by atoms with E-state index in [2.05, 4.69) is 5.32 Å². The molecule has 3 aromatic rings. The van der Waals surface area contributed by atoms with Gasteiger partial charge in [0.05, 0.1) is 0 Å². The van der Waals surface area contributed by atoms with Crippen LogP contribution in [0.15, 0.2) is 65.6 Å². The van der Waals surface area contributed by atoms with Crippen LogP contribution in [0.25, 0.3) is 10.8 Å². The van der Waals surface area contributed by atoms with Crippen LogP contribution in [-0.2, 0) is 10.1 Å². The van der Waals surface area contributed by atoms with Gasteiger partial charge in [-0.05, 0) is 23.6 Å². The number of fused-ring (bicyclic) bond motifs is 1. The molecule has 3 N–H and O–H groups in total. The molecule has 0 atom stereocenters. The van der Waals surface area contributed by atoms with Gasteiger partial charge in [-0.3, -0.25) is 9.35 Å². The molecular formula is C17H13NO5S. The first-order valence-electron chi connectivity index (χ1n) is 6.96. The number of carbonyl (C=O) groups excluding carboxylic acids is 1. The third-order valence-corrected chi connectivity index (χ3v) is 4.42. The lowest BCUT2D eigenvalue weighted by Crippen LogP contribution is -2.15. The Balaban J connectivity index is 2.19. The van der Waals surface area contributed by atoms with Gasteiger partial charge in [0.1, 0.15) is 16.3 Å². The summed E-state index contributed by atoms with van der Waals surface area (Å²) in [6, 6.07) is 15.8. The molecule has 3 rings (SSSR count). The molecule has 6 nitrogen and oxygen atoms in total. The lowest BCUT2D eigenvalue weighted by Gasteiger charge is -2.13. The average molecular weight is 343 g/mol.